The summed E-state index contributed by atoms with van der Waals surface area (Å²) in [6.07, 6.45) is 6.01. The fourth-order valence-electron chi connectivity index (χ4n) is 5.34. The molecule has 0 amide bonds. The predicted molar refractivity (Wildman–Crippen MR) is 149 cm³/mol. The van der Waals surface area contributed by atoms with Crippen LogP contribution in [-0.4, -0.2) is 50.3 Å². The van der Waals surface area contributed by atoms with Gasteiger partial charge in [0.1, 0.15) is 12.2 Å². The molecule has 1 aliphatic carbocycles. The predicted octanol–water partition coefficient (Wildman–Crippen LogP) is 5.68. The lowest BCUT2D eigenvalue weighted by Crippen LogP contribution is -2.18. The maximum Gasteiger partial charge on any atom is 0.434 e. The fraction of sp³-hybridized carbons (Fsp3) is 0.379. The molecule has 5 aromatic rings. The highest BCUT2D eigenvalue weighted by Crippen LogP contribution is 2.36. The van der Waals surface area contributed by atoms with E-state index in [1.807, 2.05) is 26.0 Å². The number of aliphatic hydroxyl groups excluding tert-OH is 1. The van der Waals surface area contributed by atoms with E-state index in [-0.39, 0.29) is 23.9 Å². The van der Waals surface area contributed by atoms with Crippen LogP contribution in [-0.2, 0) is 12.7 Å². The summed E-state index contributed by atoms with van der Waals surface area (Å²) in [4.78, 5) is 21.9. The van der Waals surface area contributed by atoms with Crippen LogP contribution in [0.2, 0.25) is 0 Å². The number of rotatable bonds is 7. The molecule has 218 valence electrons. The molecule has 10 nitrogen and oxygen atoms in total. The van der Waals surface area contributed by atoms with Crippen LogP contribution in [0.25, 0.3) is 28.4 Å². The Balaban J connectivity index is 1.25. The molecule has 1 fully saturated rings. The van der Waals surface area contributed by atoms with Gasteiger partial charge in [-0.15, -0.1) is 5.10 Å². The molecule has 6 rings (SSSR count). The maximum atomic E-state index is 13.3. The van der Waals surface area contributed by atoms with Gasteiger partial charge >= 0.3 is 6.18 Å². The third-order valence-corrected chi connectivity index (χ3v) is 7.57. The first-order valence-corrected chi connectivity index (χ1v) is 13.9. The van der Waals surface area contributed by atoms with Crippen LogP contribution in [0.5, 0.6) is 0 Å². The second-order valence-electron chi connectivity index (χ2n) is 10.8. The summed E-state index contributed by atoms with van der Waals surface area (Å²) in [6, 6.07) is 7.04. The van der Waals surface area contributed by atoms with Gasteiger partial charge in [-0.1, -0.05) is 24.3 Å². The quantitative estimate of drug-likeness (QED) is 0.254. The summed E-state index contributed by atoms with van der Waals surface area (Å²) in [7, 11) is 0. The number of imidazole rings is 2. The smallest absolute Gasteiger partial charge is 0.393 e. The Morgan fingerprint density at radius 1 is 1.05 bits per heavy atom. The molecule has 0 spiro atoms. The van der Waals surface area contributed by atoms with Crippen LogP contribution in [0.15, 0.2) is 55.4 Å². The SMILES string of the molecule is CC(C)n1cc(C(F)(F)F)nc1-c1ccc(CNc2nc(-c3cncnc3C3CCC(O)CC3)nn3ccnc23)cc1. The molecule has 42 heavy (non-hydrogen) atoms. The van der Waals surface area contributed by atoms with Crippen LogP contribution >= 0.6 is 0 Å². The van der Waals surface area contributed by atoms with E-state index in [9.17, 15) is 18.3 Å². The highest BCUT2D eigenvalue weighted by molar-refractivity contribution is 5.67. The highest BCUT2D eigenvalue weighted by Gasteiger charge is 2.35. The summed E-state index contributed by atoms with van der Waals surface area (Å²) >= 11 is 0. The monoisotopic (exact) mass is 577 g/mol. The van der Waals surface area contributed by atoms with Gasteiger partial charge in [0.15, 0.2) is 23.0 Å². The molecule has 0 saturated heterocycles. The molecular formula is C29H30F3N9O. The average Bonchev–Trinajstić information content (AvgIpc) is 3.65. The molecule has 0 bridgehead atoms. The zero-order valence-corrected chi connectivity index (χ0v) is 23.1. The van der Waals surface area contributed by atoms with E-state index in [1.165, 1.54) is 10.9 Å². The lowest BCUT2D eigenvalue weighted by molar-refractivity contribution is -0.140. The molecule has 1 saturated carbocycles. The lowest BCUT2D eigenvalue weighted by atomic mass is 9.84. The molecule has 0 aliphatic heterocycles. The van der Waals surface area contributed by atoms with Crippen molar-refractivity contribution >= 4 is 11.5 Å². The second kappa shape index (κ2) is 11.1. The van der Waals surface area contributed by atoms with Crippen molar-refractivity contribution in [1.82, 2.24) is 39.1 Å². The number of nitrogens with zero attached hydrogens (tertiary/aromatic N) is 8. The van der Waals surface area contributed by atoms with E-state index >= 15 is 0 Å². The van der Waals surface area contributed by atoms with Gasteiger partial charge in [-0.2, -0.15) is 13.2 Å². The average molecular weight is 578 g/mol. The largest absolute Gasteiger partial charge is 0.434 e. The minimum atomic E-state index is -4.52. The minimum absolute atomic E-state index is 0.182. The van der Waals surface area contributed by atoms with Gasteiger partial charge in [0.05, 0.1) is 17.4 Å². The van der Waals surface area contributed by atoms with Crippen molar-refractivity contribution in [2.45, 2.75) is 70.3 Å². The topological polar surface area (TPSA) is 119 Å². The zero-order valence-electron chi connectivity index (χ0n) is 23.1. The van der Waals surface area contributed by atoms with Crippen molar-refractivity contribution < 1.29 is 18.3 Å². The number of anilines is 1. The van der Waals surface area contributed by atoms with Gasteiger partial charge in [-0.3, -0.25) is 0 Å². The van der Waals surface area contributed by atoms with E-state index in [0.717, 1.165) is 48.7 Å². The van der Waals surface area contributed by atoms with E-state index in [0.29, 0.717) is 29.4 Å². The summed E-state index contributed by atoms with van der Waals surface area (Å²) in [6.45, 7) is 4.03. The normalized spacial score (nSPS) is 17.7. The Labute approximate surface area is 239 Å². The molecule has 4 heterocycles. The van der Waals surface area contributed by atoms with Crippen LogP contribution in [0.1, 0.15) is 68.4 Å². The maximum absolute atomic E-state index is 13.3. The van der Waals surface area contributed by atoms with Crippen LogP contribution < -0.4 is 5.32 Å². The fourth-order valence-corrected chi connectivity index (χ4v) is 5.34. The Morgan fingerprint density at radius 3 is 2.52 bits per heavy atom. The highest BCUT2D eigenvalue weighted by atomic mass is 19.4. The number of alkyl halides is 3. The Hall–Kier alpha value is -4.39. The summed E-state index contributed by atoms with van der Waals surface area (Å²) < 4.78 is 43.2. The number of halogens is 3. The number of aromatic nitrogens is 8. The third kappa shape index (κ3) is 5.56. The van der Waals surface area contributed by atoms with Crippen LogP contribution in [0, 0.1) is 0 Å². The van der Waals surface area contributed by atoms with Gasteiger partial charge in [-0.25, -0.2) is 29.4 Å². The Bertz CT molecular complexity index is 1690. The number of nitrogens with one attached hydrogen (secondary N) is 1. The lowest BCUT2D eigenvalue weighted by Gasteiger charge is -2.25. The van der Waals surface area contributed by atoms with Crippen molar-refractivity contribution in [3.63, 3.8) is 0 Å². The zero-order chi connectivity index (χ0) is 29.4. The van der Waals surface area contributed by atoms with Gasteiger partial charge in [-0.05, 0) is 45.1 Å². The number of fused-ring (bicyclic) bond motifs is 1. The van der Waals surface area contributed by atoms with Crippen LogP contribution in [0.4, 0.5) is 19.0 Å². The molecule has 1 aliphatic rings. The molecule has 2 N–H and O–H groups in total. The number of benzene rings is 1. The van der Waals surface area contributed by atoms with Crippen molar-refractivity contribution in [2.24, 2.45) is 0 Å². The van der Waals surface area contributed by atoms with Crippen molar-refractivity contribution in [2.75, 3.05) is 5.32 Å². The first-order chi connectivity index (χ1) is 20.2. The van der Waals surface area contributed by atoms with Gasteiger partial charge in [0.25, 0.3) is 0 Å². The standard InChI is InChI=1S/C29H30F3N9O/c1-17(2)40-15-23(29(30,31)32)37-27(40)20-5-3-18(4-6-20)13-35-26-28-34-11-12-41(28)39-25(38-26)22-14-33-16-36-24(22)19-7-9-21(42)10-8-19/h3-6,11-12,14-17,19,21,42H,7-10,13H2,1-2H3,(H,35,38,39). The molecular weight excluding hydrogens is 547 g/mol. The number of hydrogen-bond donors (Lipinski definition) is 2. The molecule has 0 unspecified atom stereocenters. The van der Waals surface area contributed by atoms with Gasteiger partial charge in [0.2, 0.25) is 0 Å². The second-order valence-corrected chi connectivity index (χ2v) is 10.8. The molecule has 4 aromatic heterocycles. The first-order valence-electron chi connectivity index (χ1n) is 13.9. The van der Waals surface area contributed by atoms with Crippen molar-refractivity contribution in [3.05, 3.63) is 72.3 Å². The van der Waals surface area contributed by atoms with Crippen LogP contribution in [0.3, 0.4) is 0 Å². The van der Waals surface area contributed by atoms with E-state index in [4.69, 9.17) is 4.98 Å². The first kappa shape index (κ1) is 27.8. The molecule has 13 heteroatoms. The van der Waals surface area contributed by atoms with Gasteiger partial charge < -0.3 is 15.0 Å². The third-order valence-electron chi connectivity index (χ3n) is 7.57. The molecule has 0 atom stereocenters. The Morgan fingerprint density at radius 2 is 1.81 bits per heavy atom. The minimum Gasteiger partial charge on any atom is -0.393 e. The van der Waals surface area contributed by atoms with E-state index < -0.39 is 11.9 Å². The van der Waals surface area contributed by atoms with Crippen molar-refractivity contribution in [1.29, 1.82) is 0 Å². The summed E-state index contributed by atoms with van der Waals surface area (Å²) in [5.41, 5.74) is 2.73. The Kier molecular flexibility index (Phi) is 7.35. The van der Waals surface area contributed by atoms with Crippen molar-refractivity contribution in [3.8, 4) is 22.8 Å². The van der Waals surface area contributed by atoms with E-state index in [2.05, 4.69) is 30.4 Å². The van der Waals surface area contributed by atoms with E-state index in [1.54, 1.807) is 35.2 Å². The molecule has 1 aromatic carbocycles. The molecule has 0 radical (unpaired) electrons. The number of hydrogen-bond acceptors (Lipinski definition) is 8. The number of aliphatic hydroxyl groups is 1. The summed E-state index contributed by atoms with van der Waals surface area (Å²) in [5.74, 6) is 1.43. The van der Waals surface area contributed by atoms with Gasteiger partial charge in [0, 0.05) is 48.9 Å². The summed E-state index contributed by atoms with van der Waals surface area (Å²) in [5, 5.41) is 18.0.